The summed E-state index contributed by atoms with van der Waals surface area (Å²) in [6.07, 6.45) is 2.22. The summed E-state index contributed by atoms with van der Waals surface area (Å²) < 4.78 is 18.5. The van der Waals surface area contributed by atoms with Gasteiger partial charge in [0.15, 0.2) is 10.9 Å². The molecular weight excluding hydrogens is 193 g/mol. The number of halogens is 2. The third-order valence-corrected chi connectivity index (χ3v) is 1.98. The third-order valence-electron chi connectivity index (χ3n) is 1.71. The minimum atomic E-state index is -0.593. The smallest absolute Gasteiger partial charge is 0.202 e. The van der Waals surface area contributed by atoms with Gasteiger partial charge in [0.2, 0.25) is 5.82 Å². The molecular formula is C9H11ClFNO. The zero-order valence-electron chi connectivity index (χ0n) is 7.55. The minimum Gasteiger partial charge on any atom is -0.487 e. The van der Waals surface area contributed by atoms with Gasteiger partial charge in [-0.25, -0.2) is 4.98 Å². The lowest BCUT2D eigenvalue weighted by Gasteiger charge is -2.12. The fourth-order valence-electron chi connectivity index (χ4n) is 0.793. The molecule has 1 atom stereocenters. The highest BCUT2D eigenvalue weighted by Gasteiger charge is 2.10. The molecule has 0 fully saturated rings. The molecule has 0 aliphatic rings. The normalized spacial score (nSPS) is 12.6. The molecule has 0 aromatic carbocycles. The van der Waals surface area contributed by atoms with Gasteiger partial charge in [-0.1, -0.05) is 18.5 Å². The fourth-order valence-corrected chi connectivity index (χ4v) is 0.942. The number of pyridine rings is 1. The molecule has 0 amide bonds. The fraction of sp³-hybridized carbons (Fsp3) is 0.444. The number of nitrogens with zero attached hydrogens (tertiary/aromatic N) is 1. The van der Waals surface area contributed by atoms with Crippen molar-refractivity contribution < 1.29 is 9.13 Å². The molecule has 0 radical (unpaired) electrons. The maximum absolute atomic E-state index is 13.2. The van der Waals surface area contributed by atoms with Gasteiger partial charge in [-0.2, -0.15) is 4.39 Å². The Kier molecular flexibility index (Phi) is 3.48. The molecule has 4 heteroatoms. The number of hydrogen-bond acceptors (Lipinski definition) is 2. The van der Waals surface area contributed by atoms with E-state index in [1.807, 2.05) is 13.8 Å². The Balaban J connectivity index is 2.83. The summed E-state index contributed by atoms with van der Waals surface area (Å²) in [6.45, 7) is 3.83. The zero-order chi connectivity index (χ0) is 9.84. The van der Waals surface area contributed by atoms with Crippen molar-refractivity contribution in [3.05, 3.63) is 23.2 Å². The van der Waals surface area contributed by atoms with Gasteiger partial charge < -0.3 is 4.74 Å². The van der Waals surface area contributed by atoms with Crippen molar-refractivity contribution in [2.24, 2.45) is 0 Å². The van der Waals surface area contributed by atoms with Crippen molar-refractivity contribution >= 4 is 11.6 Å². The average molecular weight is 204 g/mol. The molecule has 0 aliphatic heterocycles. The Morgan fingerprint density at radius 1 is 1.69 bits per heavy atom. The summed E-state index contributed by atoms with van der Waals surface area (Å²) in [6, 6.07) is 1.47. The minimum absolute atomic E-state index is 0.0204. The Morgan fingerprint density at radius 2 is 2.38 bits per heavy atom. The van der Waals surface area contributed by atoms with Crippen LogP contribution in [0.25, 0.3) is 0 Å². The second-order valence-corrected chi connectivity index (χ2v) is 3.11. The molecule has 0 spiro atoms. The summed E-state index contributed by atoms with van der Waals surface area (Å²) in [5.74, 6) is -0.432. The van der Waals surface area contributed by atoms with Gasteiger partial charge >= 0.3 is 0 Å². The molecule has 1 aromatic heterocycles. The average Bonchev–Trinajstić information content (AvgIpc) is 2.13. The van der Waals surface area contributed by atoms with Crippen molar-refractivity contribution in [3.8, 4) is 5.75 Å². The first-order valence-corrected chi connectivity index (χ1v) is 4.49. The Bertz CT molecular complexity index is 293. The third kappa shape index (κ3) is 2.56. The van der Waals surface area contributed by atoms with Crippen LogP contribution in [0, 0.1) is 5.82 Å². The van der Waals surface area contributed by atoms with Gasteiger partial charge in [0.25, 0.3) is 0 Å². The lowest BCUT2D eigenvalue weighted by atomic mass is 10.3. The summed E-state index contributed by atoms with van der Waals surface area (Å²) in [4.78, 5) is 3.58. The lowest BCUT2D eigenvalue weighted by Crippen LogP contribution is -2.10. The predicted molar refractivity (Wildman–Crippen MR) is 49.6 cm³/mol. The highest BCUT2D eigenvalue weighted by atomic mass is 35.5. The molecule has 0 saturated carbocycles. The molecule has 1 aromatic rings. The van der Waals surface area contributed by atoms with E-state index in [-0.39, 0.29) is 17.0 Å². The number of rotatable bonds is 3. The molecule has 0 saturated heterocycles. The van der Waals surface area contributed by atoms with Crippen LogP contribution in [0.1, 0.15) is 20.3 Å². The van der Waals surface area contributed by atoms with E-state index in [0.717, 1.165) is 6.42 Å². The van der Waals surface area contributed by atoms with Crippen LogP contribution in [0.2, 0.25) is 5.15 Å². The first-order chi connectivity index (χ1) is 6.15. The van der Waals surface area contributed by atoms with Crippen LogP contribution in [0.15, 0.2) is 12.3 Å². The van der Waals surface area contributed by atoms with Gasteiger partial charge in [-0.3, -0.25) is 0 Å². The largest absolute Gasteiger partial charge is 0.487 e. The van der Waals surface area contributed by atoms with Crippen molar-refractivity contribution in [2.75, 3.05) is 0 Å². The number of ether oxygens (including phenoxy) is 1. The van der Waals surface area contributed by atoms with E-state index in [0.29, 0.717) is 0 Å². The lowest BCUT2D eigenvalue weighted by molar-refractivity contribution is 0.207. The van der Waals surface area contributed by atoms with Crippen LogP contribution >= 0.6 is 11.6 Å². The molecule has 1 heterocycles. The Morgan fingerprint density at radius 3 is 3.00 bits per heavy atom. The summed E-state index contributed by atoms with van der Waals surface area (Å²) >= 11 is 5.47. The van der Waals surface area contributed by atoms with Crippen LogP contribution in [-0.2, 0) is 0 Å². The van der Waals surface area contributed by atoms with Gasteiger partial charge in [0.1, 0.15) is 0 Å². The highest BCUT2D eigenvalue weighted by Crippen LogP contribution is 2.23. The van der Waals surface area contributed by atoms with Crippen molar-refractivity contribution in [1.82, 2.24) is 4.98 Å². The topological polar surface area (TPSA) is 22.1 Å². The molecule has 1 rings (SSSR count). The molecule has 0 aliphatic carbocycles. The maximum Gasteiger partial charge on any atom is 0.202 e. The quantitative estimate of drug-likeness (QED) is 0.705. The van der Waals surface area contributed by atoms with Crippen LogP contribution in [0.3, 0.4) is 0 Å². The molecule has 1 unspecified atom stereocenters. The molecule has 72 valence electrons. The predicted octanol–water partition coefficient (Wildman–Crippen LogP) is 3.05. The zero-order valence-corrected chi connectivity index (χ0v) is 8.31. The first kappa shape index (κ1) is 10.3. The van der Waals surface area contributed by atoms with Crippen LogP contribution in [-0.4, -0.2) is 11.1 Å². The summed E-state index contributed by atoms with van der Waals surface area (Å²) in [7, 11) is 0. The van der Waals surface area contributed by atoms with E-state index >= 15 is 0 Å². The van der Waals surface area contributed by atoms with E-state index in [1.54, 1.807) is 0 Å². The molecule has 13 heavy (non-hydrogen) atoms. The van der Waals surface area contributed by atoms with Gasteiger partial charge in [0, 0.05) is 12.3 Å². The SMILES string of the molecule is CCC(C)Oc1ccnc(Cl)c1F. The summed E-state index contributed by atoms with van der Waals surface area (Å²) in [5, 5.41) is -0.152. The van der Waals surface area contributed by atoms with E-state index < -0.39 is 5.82 Å². The van der Waals surface area contributed by atoms with Crippen LogP contribution in [0.5, 0.6) is 5.75 Å². The molecule has 0 N–H and O–H groups in total. The van der Waals surface area contributed by atoms with Gasteiger partial charge in [0.05, 0.1) is 6.10 Å². The number of aromatic nitrogens is 1. The Labute approximate surface area is 81.7 Å². The molecule has 0 bridgehead atoms. The van der Waals surface area contributed by atoms with Gasteiger partial charge in [-0.05, 0) is 13.3 Å². The standard InChI is InChI=1S/C9H11ClFNO/c1-3-6(2)13-7-4-5-12-9(10)8(7)11/h4-6H,3H2,1-2H3. The van der Waals surface area contributed by atoms with Gasteiger partial charge in [-0.15, -0.1) is 0 Å². The second kappa shape index (κ2) is 4.42. The van der Waals surface area contributed by atoms with E-state index in [9.17, 15) is 4.39 Å². The van der Waals surface area contributed by atoms with Crippen molar-refractivity contribution in [3.63, 3.8) is 0 Å². The number of hydrogen-bond donors (Lipinski definition) is 0. The van der Waals surface area contributed by atoms with E-state index in [1.165, 1.54) is 12.3 Å². The van der Waals surface area contributed by atoms with E-state index in [2.05, 4.69) is 4.98 Å². The van der Waals surface area contributed by atoms with Crippen LogP contribution < -0.4 is 4.74 Å². The highest BCUT2D eigenvalue weighted by molar-refractivity contribution is 6.29. The summed E-state index contributed by atoms with van der Waals surface area (Å²) in [5.41, 5.74) is 0. The van der Waals surface area contributed by atoms with E-state index in [4.69, 9.17) is 16.3 Å². The van der Waals surface area contributed by atoms with Crippen LogP contribution in [0.4, 0.5) is 4.39 Å². The second-order valence-electron chi connectivity index (χ2n) is 2.75. The van der Waals surface area contributed by atoms with Crippen molar-refractivity contribution in [1.29, 1.82) is 0 Å². The maximum atomic E-state index is 13.2. The monoisotopic (exact) mass is 203 g/mol. The molecule has 2 nitrogen and oxygen atoms in total. The Hall–Kier alpha value is -0.830. The van der Waals surface area contributed by atoms with Crippen molar-refractivity contribution in [2.45, 2.75) is 26.4 Å². The first-order valence-electron chi connectivity index (χ1n) is 4.11.